The summed E-state index contributed by atoms with van der Waals surface area (Å²) in [6.07, 6.45) is 6.75. The highest BCUT2D eigenvalue weighted by Gasteiger charge is 2.33. The SMILES string of the molecule is O=C(C=Cc1ccc(F)cc1)NC1(CO)CCCC1. The van der Waals surface area contributed by atoms with E-state index < -0.39 is 5.54 Å². The molecule has 1 aliphatic rings. The molecule has 0 aliphatic heterocycles. The minimum Gasteiger partial charge on any atom is -0.394 e. The maximum Gasteiger partial charge on any atom is 0.244 e. The first-order valence-corrected chi connectivity index (χ1v) is 6.50. The van der Waals surface area contributed by atoms with E-state index >= 15 is 0 Å². The van der Waals surface area contributed by atoms with Crippen molar-refractivity contribution in [3.05, 3.63) is 41.7 Å². The largest absolute Gasteiger partial charge is 0.394 e. The fraction of sp³-hybridized carbons (Fsp3) is 0.400. The average Bonchev–Trinajstić information content (AvgIpc) is 2.87. The predicted molar refractivity (Wildman–Crippen MR) is 71.9 cm³/mol. The zero-order valence-electron chi connectivity index (χ0n) is 10.7. The molecule has 0 unspecified atom stereocenters. The van der Waals surface area contributed by atoms with Crippen molar-refractivity contribution in [3.63, 3.8) is 0 Å². The predicted octanol–water partition coefficient (Wildman–Crippen LogP) is 2.26. The lowest BCUT2D eigenvalue weighted by Gasteiger charge is -2.27. The molecule has 1 fully saturated rings. The zero-order chi connectivity index (χ0) is 13.7. The minimum atomic E-state index is -0.454. The number of hydrogen-bond acceptors (Lipinski definition) is 2. The summed E-state index contributed by atoms with van der Waals surface area (Å²) in [5.41, 5.74) is 0.311. The number of benzene rings is 1. The monoisotopic (exact) mass is 263 g/mol. The number of halogens is 1. The van der Waals surface area contributed by atoms with Crippen molar-refractivity contribution in [1.82, 2.24) is 5.32 Å². The molecule has 0 saturated heterocycles. The second-order valence-corrected chi connectivity index (χ2v) is 5.02. The summed E-state index contributed by atoms with van der Waals surface area (Å²) in [5, 5.41) is 12.3. The summed E-state index contributed by atoms with van der Waals surface area (Å²) in [5.74, 6) is -0.521. The van der Waals surface area contributed by atoms with E-state index in [4.69, 9.17) is 0 Å². The van der Waals surface area contributed by atoms with Crippen molar-refractivity contribution >= 4 is 12.0 Å². The number of rotatable bonds is 4. The van der Waals surface area contributed by atoms with Gasteiger partial charge in [0.05, 0.1) is 12.1 Å². The van der Waals surface area contributed by atoms with Gasteiger partial charge in [-0.15, -0.1) is 0 Å². The van der Waals surface area contributed by atoms with Crippen LogP contribution in [0.4, 0.5) is 4.39 Å². The van der Waals surface area contributed by atoms with Crippen molar-refractivity contribution in [3.8, 4) is 0 Å². The maximum atomic E-state index is 12.7. The lowest BCUT2D eigenvalue weighted by atomic mass is 9.99. The second kappa shape index (κ2) is 5.97. The van der Waals surface area contributed by atoms with E-state index in [0.717, 1.165) is 31.2 Å². The Morgan fingerprint density at radius 1 is 1.32 bits per heavy atom. The van der Waals surface area contributed by atoms with Crippen molar-refractivity contribution in [1.29, 1.82) is 0 Å². The molecule has 0 bridgehead atoms. The third kappa shape index (κ3) is 3.64. The number of carbonyl (C=O) groups is 1. The molecule has 19 heavy (non-hydrogen) atoms. The molecule has 1 aliphatic carbocycles. The summed E-state index contributed by atoms with van der Waals surface area (Å²) in [6, 6.07) is 5.92. The molecule has 2 N–H and O–H groups in total. The highest BCUT2D eigenvalue weighted by molar-refractivity contribution is 5.92. The Kier molecular flexibility index (Phi) is 4.32. The van der Waals surface area contributed by atoms with Gasteiger partial charge in [-0.2, -0.15) is 0 Å². The van der Waals surface area contributed by atoms with Gasteiger partial charge in [0.1, 0.15) is 5.82 Å². The van der Waals surface area contributed by atoms with Gasteiger partial charge in [0.25, 0.3) is 0 Å². The average molecular weight is 263 g/mol. The third-order valence-electron chi connectivity index (χ3n) is 3.55. The second-order valence-electron chi connectivity index (χ2n) is 5.02. The molecule has 0 atom stereocenters. The van der Waals surface area contributed by atoms with Crippen LogP contribution in [0.3, 0.4) is 0 Å². The number of carbonyl (C=O) groups excluding carboxylic acids is 1. The van der Waals surface area contributed by atoms with E-state index in [1.807, 2.05) is 0 Å². The molecule has 3 nitrogen and oxygen atoms in total. The van der Waals surface area contributed by atoms with E-state index in [1.54, 1.807) is 18.2 Å². The third-order valence-corrected chi connectivity index (χ3v) is 3.55. The van der Waals surface area contributed by atoms with Crippen LogP contribution >= 0.6 is 0 Å². The van der Waals surface area contributed by atoms with E-state index in [9.17, 15) is 14.3 Å². The molecule has 2 rings (SSSR count). The van der Waals surface area contributed by atoms with Crippen LogP contribution in [0.1, 0.15) is 31.2 Å². The van der Waals surface area contributed by atoms with Gasteiger partial charge in [-0.05, 0) is 36.6 Å². The van der Waals surface area contributed by atoms with Gasteiger partial charge in [-0.3, -0.25) is 4.79 Å². The summed E-state index contributed by atoms with van der Waals surface area (Å²) in [6.45, 7) is -0.0247. The summed E-state index contributed by atoms with van der Waals surface area (Å²) >= 11 is 0. The Balaban J connectivity index is 1.95. The Hall–Kier alpha value is -1.68. The van der Waals surface area contributed by atoms with E-state index in [1.165, 1.54) is 18.2 Å². The summed E-state index contributed by atoms with van der Waals surface area (Å²) in [4.78, 5) is 11.8. The van der Waals surface area contributed by atoms with Gasteiger partial charge in [0.15, 0.2) is 0 Å². The Labute approximate surface area is 112 Å². The number of nitrogens with one attached hydrogen (secondary N) is 1. The van der Waals surface area contributed by atoms with Crippen molar-refractivity contribution < 1.29 is 14.3 Å². The van der Waals surface area contributed by atoms with Crippen LogP contribution in [-0.4, -0.2) is 23.2 Å². The fourth-order valence-corrected chi connectivity index (χ4v) is 2.42. The Morgan fingerprint density at radius 2 is 1.95 bits per heavy atom. The van der Waals surface area contributed by atoms with Crippen LogP contribution in [0.15, 0.2) is 30.3 Å². The number of aliphatic hydroxyl groups is 1. The molecule has 0 heterocycles. The molecule has 102 valence electrons. The van der Waals surface area contributed by atoms with Crippen LogP contribution in [0, 0.1) is 5.82 Å². The Bertz CT molecular complexity index is 462. The van der Waals surface area contributed by atoms with Gasteiger partial charge >= 0.3 is 0 Å². The van der Waals surface area contributed by atoms with Gasteiger partial charge in [-0.25, -0.2) is 4.39 Å². The smallest absolute Gasteiger partial charge is 0.244 e. The first-order valence-electron chi connectivity index (χ1n) is 6.50. The fourth-order valence-electron chi connectivity index (χ4n) is 2.42. The zero-order valence-corrected chi connectivity index (χ0v) is 10.7. The highest BCUT2D eigenvalue weighted by Crippen LogP contribution is 2.29. The Morgan fingerprint density at radius 3 is 2.53 bits per heavy atom. The molecule has 4 heteroatoms. The molecule has 0 spiro atoms. The summed E-state index contributed by atoms with van der Waals surface area (Å²) in [7, 11) is 0. The normalized spacial score (nSPS) is 17.8. The molecule has 1 aromatic carbocycles. The van der Waals surface area contributed by atoms with Gasteiger partial charge in [-0.1, -0.05) is 25.0 Å². The lowest BCUT2D eigenvalue weighted by molar-refractivity contribution is -0.118. The van der Waals surface area contributed by atoms with Crippen LogP contribution < -0.4 is 5.32 Å². The highest BCUT2D eigenvalue weighted by atomic mass is 19.1. The molecule has 0 aromatic heterocycles. The van der Waals surface area contributed by atoms with Crippen molar-refractivity contribution in [2.45, 2.75) is 31.2 Å². The van der Waals surface area contributed by atoms with E-state index in [2.05, 4.69) is 5.32 Å². The number of aliphatic hydroxyl groups excluding tert-OH is 1. The van der Waals surface area contributed by atoms with Crippen molar-refractivity contribution in [2.75, 3.05) is 6.61 Å². The van der Waals surface area contributed by atoms with Crippen LogP contribution in [0.5, 0.6) is 0 Å². The first kappa shape index (κ1) is 13.7. The molecule has 1 amide bonds. The van der Waals surface area contributed by atoms with E-state index in [-0.39, 0.29) is 18.3 Å². The number of hydrogen-bond donors (Lipinski definition) is 2. The minimum absolute atomic E-state index is 0.0247. The quantitative estimate of drug-likeness (QED) is 0.819. The van der Waals surface area contributed by atoms with Crippen LogP contribution in [0.2, 0.25) is 0 Å². The lowest BCUT2D eigenvalue weighted by Crippen LogP contribution is -2.48. The first-order chi connectivity index (χ1) is 9.13. The molecular weight excluding hydrogens is 245 g/mol. The maximum absolute atomic E-state index is 12.7. The molecule has 0 radical (unpaired) electrons. The summed E-state index contributed by atoms with van der Waals surface area (Å²) < 4.78 is 12.7. The van der Waals surface area contributed by atoms with Crippen molar-refractivity contribution in [2.24, 2.45) is 0 Å². The van der Waals surface area contributed by atoms with Gasteiger partial charge in [0.2, 0.25) is 5.91 Å². The van der Waals surface area contributed by atoms with Gasteiger partial charge in [0, 0.05) is 6.08 Å². The van der Waals surface area contributed by atoms with Crippen LogP contribution in [-0.2, 0) is 4.79 Å². The standard InChI is InChI=1S/C15H18FNO2/c16-13-6-3-12(4-7-13)5-8-14(19)17-15(11-18)9-1-2-10-15/h3-8,18H,1-2,9-11H2,(H,17,19). The van der Waals surface area contributed by atoms with Crippen LogP contribution in [0.25, 0.3) is 6.08 Å². The molecule has 1 saturated carbocycles. The molecular formula is C15H18FNO2. The topological polar surface area (TPSA) is 49.3 Å². The molecule has 1 aromatic rings. The van der Waals surface area contributed by atoms with Gasteiger partial charge < -0.3 is 10.4 Å². The van der Waals surface area contributed by atoms with E-state index in [0.29, 0.717) is 0 Å². The number of amides is 1.